The summed E-state index contributed by atoms with van der Waals surface area (Å²) in [5, 5.41) is -0.759. The van der Waals surface area contributed by atoms with Gasteiger partial charge in [0.1, 0.15) is 11.0 Å². The van der Waals surface area contributed by atoms with Gasteiger partial charge in [0.25, 0.3) is 0 Å². The number of ether oxygens (including phenoxy) is 1. The van der Waals surface area contributed by atoms with Gasteiger partial charge in [0.15, 0.2) is 0 Å². The zero-order valence-electron chi connectivity index (χ0n) is 14.9. The highest BCUT2D eigenvalue weighted by Gasteiger charge is 2.37. The van der Waals surface area contributed by atoms with Crippen molar-refractivity contribution in [3.05, 3.63) is 108 Å². The summed E-state index contributed by atoms with van der Waals surface area (Å²) in [7, 11) is 0. The van der Waals surface area contributed by atoms with Crippen LogP contribution in [0.25, 0.3) is 0 Å². The standard InChI is InChI=1S/C23H22ClNO2/c24-21(22(25)26)16-17-27-23(18-10-4-1-5-11-18,19-12-6-2-7-13-19)20-14-8-3-9-15-20/h1-15,21H,16-17H2,(H2,25,26). The molecule has 138 valence electrons. The molecule has 3 rings (SSSR count). The predicted molar refractivity (Wildman–Crippen MR) is 109 cm³/mol. The number of amides is 1. The maximum absolute atomic E-state index is 11.3. The molecule has 2 N–H and O–H groups in total. The van der Waals surface area contributed by atoms with E-state index in [1.54, 1.807) is 0 Å². The Balaban J connectivity index is 2.10. The smallest absolute Gasteiger partial charge is 0.235 e. The molecule has 0 bridgehead atoms. The van der Waals surface area contributed by atoms with Crippen LogP contribution in [0, 0.1) is 0 Å². The van der Waals surface area contributed by atoms with Crippen molar-refractivity contribution < 1.29 is 9.53 Å². The first-order valence-electron chi connectivity index (χ1n) is 8.88. The number of benzene rings is 3. The summed E-state index contributed by atoms with van der Waals surface area (Å²) < 4.78 is 6.52. The minimum atomic E-state index is -0.808. The molecule has 1 atom stereocenters. The topological polar surface area (TPSA) is 52.3 Å². The lowest BCUT2D eigenvalue weighted by atomic mass is 9.80. The van der Waals surface area contributed by atoms with Gasteiger partial charge in [-0.1, -0.05) is 91.0 Å². The van der Waals surface area contributed by atoms with Gasteiger partial charge < -0.3 is 10.5 Å². The predicted octanol–water partition coefficient (Wildman–Crippen LogP) is 4.48. The fourth-order valence-corrected chi connectivity index (χ4v) is 3.32. The van der Waals surface area contributed by atoms with E-state index in [9.17, 15) is 4.79 Å². The van der Waals surface area contributed by atoms with Crippen molar-refractivity contribution in [3.8, 4) is 0 Å². The van der Waals surface area contributed by atoms with Gasteiger partial charge in [-0.3, -0.25) is 4.79 Å². The van der Waals surface area contributed by atoms with Gasteiger partial charge in [-0.25, -0.2) is 0 Å². The Morgan fingerprint density at radius 3 is 1.52 bits per heavy atom. The molecule has 0 radical (unpaired) electrons. The largest absolute Gasteiger partial charge is 0.368 e. The molecule has 3 nitrogen and oxygen atoms in total. The molecule has 1 amide bonds. The molecule has 0 aliphatic rings. The summed E-state index contributed by atoms with van der Waals surface area (Å²) in [6, 6.07) is 30.2. The Morgan fingerprint density at radius 1 is 0.815 bits per heavy atom. The van der Waals surface area contributed by atoms with Crippen molar-refractivity contribution in [3.63, 3.8) is 0 Å². The molecule has 0 aliphatic carbocycles. The molecule has 3 aromatic carbocycles. The van der Waals surface area contributed by atoms with Crippen LogP contribution < -0.4 is 5.73 Å². The summed E-state index contributed by atoms with van der Waals surface area (Å²) in [5.41, 5.74) is 7.51. The van der Waals surface area contributed by atoms with Crippen molar-refractivity contribution in [2.45, 2.75) is 17.4 Å². The molecule has 0 fully saturated rings. The number of hydrogen-bond acceptors (Lipinski definition) is 2. The molecule has 4 heteroatoms. The lowest BCUT2D eigenvalue weighted by Gasteiger charge is -2.36. The lowest BCUT2D eigenvalue weighted by molar-refractivity contribution is -0.118. The molecule has 1 unspecified atom stereocenters. The minimum Gasteiger partial charge on any atom is -0.368 e. The Morgan fingerprint density at radius 2 is 1.19 bits per heavy atom. The first-order chi connectivity index (χ1) is 13.1. The average Bonchev–Trinajstić information content (AvgIpc) is 2.73. The lowest BCUT2D eigenvalue weighted by Crippen LogP contribution is -2.34. The molecular weight excluding hydrogens is 358 g/mol. The summed E-state index contributed by atoms with van der Waals surface area (Å²) in [5.74, 6) is -0.537. The first-order valence-corrected chi connectivity index (χ1v) is 9.32. The molecule has 0 spiro atoms. The van der Waals surface area contributed by atoms with Crippen LogP contribution in [-0.2, 0) is 15.1 Å². The fourth-order valence-electron chi connectivity index (χ4n) is 3.23. The van der Waals surface area contributed by atoms with Gasteiger partial charge in [-0.2, -0.15) is 0 Å². The zero-order chi connectivity index (χ0) is 19.1. The Labute approximate surface area is 164 Å². The van der Waals surface area contributed by atoms with Crippen molar-refractivity contribution in [2.75, 3.05) is 6.61 Å². The molecule has 27 heavy (non-hydrogen) atoms. The monoisotopic (exact) mass is 379 g/mol. The van der Waals surface area contributed by atoms with Crippen LogP contribution in [0.4, 0.5) is 0 Å². The van der Waals surface area contributed by atoms with Crippen LogP contribution in [0.1, 0.15) is 23.1 Å². The normalized spacial score (nSPS) is 12.5. The Kier molecular flexibility index (Phi) is 6.28. The van der Waals surface area contributed by atoms with E-state index in [1.165, 1.54) is 0 Å². The van der Waals surface area contributed by atoms with E-state index in [0.717, 1.165) is 16.7 Å². The second kappa shape index (κ2) is 8.85. The fraction of sp³-hybridized carbons (Fsp3) is 0.174. The minimum absolute atomic E-state index is 0.287. The third-order valence-electron chi connectivity index (χ3n) is 4.54. The SMILES string of the molecule is NC(=O)C(Cl)CCOC(c1ccccc1)(c1ccccc1)c1ccccc1. The Hall–Kier alpha value is -2.62. The number of alkyl halides is 1. The number of hydrogen-bond donors (Lipinski definition) is 1. The molecule has 0 aromatic heterocycles. The van der Waals surface area contributed by atoms with E-state index in [-0.39, 0.29) is 6.61 Å². The van der Waals surface area contributed by atoms with Crippen LogP contribution in [0.3, 0.4) is 0 Å². The van der Waals surface area contributed by atoms with Gasteiger partial charge in [0.2, 0.25) is 5.91 Å². The maximum atomic E-state index is 11.3. The van der Waals surface area contributed by atoms with Crippen molar-refractivity contribution >= 4 is 17.5 Å². The quantitative estimate of drug-likeness (QED) is 0.463. The summed E-state index contributed by atoms with van der Waals surface area (Å²) in [6.45, 7) is 0.287. The molecular formula is C23H22ClNO2. The highest BCUT2D eigenvalue weighted by Crippen LogP contribution is 2.40. The molecule has 0 aliphatic heterocycles. The van der Waals surface area contributed by atoms with Crippen LogP contribution in [0.2, 0.25) is 0 Å². The van der Waals surface area contributed by atoms with Crippen LogP contribution in [-0.4, -0.2) is 17.9 Å². The highest BCUT2D eigenvalue weighted by atomic mass is 35.5. The van der Waals surface area contributed by atoms with Crippen LogP contribution >= 0.6 is 11.6 Å². The second-order valence-corrected chi connectivity index (χ2v) is 6.81. The molecule has 3 aromatic rings. The van der Waals surface area contributed by atoms with Crippen molar-refractivity contribution in [1.29, 1.82) is 0 Å². The third-order valence-corrected chi connectivity index (χ3v) is 4.97. The van der Waals surface area contributed by atoms with Crippen LogP contribution in [0.15, 0.2) is 91.0 Å². The zero-order valence-corrected chi connectivity index (χ0v) is 15.7. The van der Waals surface area contributed by atoms with E-state index in [4.69, 9.17) is 22.1 Å². The molecule has 0 saturated heterocycles. The molecule has 0 heterocycles. The van der Waals surface area contributed by atoms with Gasteiger partial charge in [-0.15, -0.1) is 11.6 Å². The van der Waals surface area contributed by atoms with Gasteiger partial charge >= 0.3 is 0 Å². The summed E-state index contributed by atoms with van der Waals surface area (Å²) >= 11 is 6.03. The second-order valence-electron chi connectivity index (χ2n) is 6.29. The van der Waals surface area contributed by atoms with E-state index < -0.39 is 16.9 Å². The summed E-state index contributed by atoms with van der Waals surface area (Å²) in [6.07, 6.45) is 0.338. The van der Waals surface area contributed by atoms with E-state index in [1.807, 2.05) is 91.0 Å². The van der Waals surface area contributed by atoms with E-state index in [2.05, 4.69) is 0 Å². The number of rotatable bonds is 8. The number of carbonyl (C=O) groups is 1. The molecule has 0 saturated carbocycles. The van der Waals surface area contributed by atoms with E-state index in [0.29, 0.717) is 6.42 Å². The van der Waals surface area contributed by atoms with Gasteiger partial charge in [-0.05, 0) is 23.1 Å². The number of primary amides is 1. The number of halogens is 1. The third kappa shape index (κ3) is 4.21. The van der Waals surface area contributed by atoms with Gasteiger partial charge in [0.05, 0.1) is 6.61 Å². The average molecular weight is 380 g/mol. The number of carbonyl (C=O) groups excluding carboxylic acids is 1. The van der Waals surface area contributed by atoms with Gasteiger partial charge in [0, 0.05) is 0 Å². The number of nitrogens with two attached hydrogens (primary N) is 1. The van der Waals surface area contributed by atoms with Crippen molar-refractivity contribution in [1.82, 2.24) is 0 Å². The highest BCUT2D eigenvalue weighted by molar-refractivity contribution is 6.30. The first kappa shape index (κ1) is 19.2. The van der Waals surface area contributed by atoms with E-state index >= 15 is 0 Å². The van der Waals surface area contributed by atoms with Crippen LogP contribution in [0.5, 0.6) is 0 Å². The maximum Gasteiger partial charge on any atom is 0.235 e. The summed E-state index contributed by atoms with van der Waals surface area (Å²) in [4.78, 5) is 11.3. The van der Waals surface area contributed by atoms with Crippen molar-refractivity contribution in [2.24, 2.45) is 5.73 Å². The Bertz CT molecular complexity index is 757.